The standard InChI is InChI=1S/C14H25NO/c1-12(11-16)8-15-9-13-6-4-2-3-5-7-14(13)10-15/h4,6,12-14,16H,2-3,5,7-11H2,1H3. The van der Waals surface area contributed by atoms with Crippen molar-refractivity contribution >= 4 is 0 Å². The Hall–Kier alpha value is -0.340. The number of rotatable bonds is 3. The predicted octanol–water partition coefficient (Wildman–Crippen LogP) is 2.29. The van der Waals surface area contributed by atoms with Crippen LogP contribution in [0.4, 0.5) is 0 Å². The lowest BCUT2D eigenvalue weighted by molar-refractivity contribution is 0.187. The highest BCUT2D eigenvalue weighted by Crippen LogP contribution is 2.31. The van der Waals surface area contributed by atoms with E-state index in [0.29, 0.717) is 12.5 Å². The molecule has 92 valence electrons. The molecular formula is C14H25NO. The molecule has 1 N–H and O–H groups in total. The van der Waals surface area contributed by atoms with Gasteiger partial charge in [-0.15, -0.1) is 0 Å². The van der Waals surface area contributed by atoms with Crippen LogP contribution in [0.5, 0.6) is 0 Å². The van der Waals surface area contributed by atoms with Gasteiger partial charge in [0.05, 0.1) is 0 Å². The molecule has 2 heteroatoms. The second-order valence-corrected chi connectivity index (χ2v) is 5.64. The van der Waals surface area contributed by atoms with Gasteiger partial charge in [0.1, 0.15) is 0 Å². The molecule has 0 radical (unpaired) electrons. The van der Waals surface area contributed by atoms with Crippen molar-refractivity contribution < 1.29 is 5.11 Å². The number of likely N-dealkylation sites (tertiary alicyclic amines) is 1. The third kappa shape index (κ3) is 3.08. The maximum atomic E-state index is 9.10. The van der Waals surface area contributed by atoms with Crippen LogP contribution < -0.4 is 0 Å². The van der Waals surface area contributed by atoms with E-state index in [1.807, 2.05) is 0 Å². The van der Waals surface area contributed by atoms with Crippen molar-refractivity contribution in [1.29, 1.82) is 0 Å². The molecule has 0 bridgehead atoms. The fourth-order valence-corrected chi connectivity index (χ4v) is 3.10. The van der Waals surface area contributed by atoms with Gasteiger partial charge in [-0.1, -0.05) is 25.5 Å². The number of aliphatic hydroxyl groups is 1. The Morgan fingerprint density at radius 3 is 3.06 bits per heavy atom. The van der Waals surface area contributed by atoms with Gasteiger partial charge in [0, 0.05) is 26.2 Å². The molecule has 1 aliphatic carbocycles. The van der Waals surface area contributed by atoms with E-state index in [1.54, 1.807) is 0 Å². The summed E-state index contributed by atoms with van der Waals surface area (Å²) < 4.78 is 0. The molecule has 0 saturated carbocycles. The molecule has 0 aromatic rings. The smallest absolute Gasteiger partial charge is 0.0468 e. The molecule has 1 aliphatic heterocycles. The zero-order valence-corrected chi connectivity index (χ0v) is 10.4. The van der Waals surface area contributed by atoms with E-state index in [4.69, 9.17) is 5.11 Å². The first kappa shape index (κ1) is 12.1. The second kappa shape index (κ2) is 5.83. The van der Waals surface area contributed by atoms with Gasteiger partial charge in [-0.25, -0.2) is 0 Å². The van der Waals surface area contributed by atoms with Gasteiger partial charge in [-0.3, -0.25) is 0 Å². The third-order valence-electron chi connectivity index (χ3n) is 4.03. The van der Waals surface area contributed by atoms with Crippen LogP contribution in [0.25, 0.3) is 0 Å². The minimum Gasteiger partial charge on any atom is -0.396 e. The first-order valence-corrected chi connectivity index (χ1v) is 6.79. The Labute approximate surface area is 99.3 Å². The number of fused-ring (bicyclic) bond motifs is 1. The lowest BCUT2D eigenvalue weighted by Crippen LogP contribution is -2.28. The molecular weight excluding hydrogens is 198 g/mol. The number of nitrogens with zero attached hydrogens (tertiary/aromatic N) is 1. The summed E-state index contributed by atoms with van der Waals surface area (Å²) in [6, 6.07) is 0. The van der Waals surface area contributed by atoms with E-state index in [2.05, 4.69) is 24.0 Å². The molecule has 2 rings (SSSR count). The van der Waals surface area contributed by atoms with Crippen LogP contribution in [-0.2, 0) is 0 Å². The molecule has 2 nitrogen and oxygen atoms in total. The minimum atomic E-state index is 0.321. The summed E-state index contributed by atoms with van der Waals surface area (Å²) in [4.78, 5) is 2.55. The number of aliphatic hydroxyl groups excluding tert-OH is 1. The molecule has 1 heterocycles. The number of allylic oxidation sites excluding steroid dienone is 1. The highest BCUT2D eigenvalue weighted by Gasteiger charge is 2.31. The Bertz CT molecular complexity index is 239. The first-order chi connectivity index (χ1) is 7.79. The molecule has 3 atom stereocenters. The first-order valence-electron chi connectivity index (χ1n) is 6.79. The van der Waals surface area contributed by atoms with Crippen LogP contribution >= 0.6 is 0 Å². The molecule has 0 amide bonds. The molecule has 2 aliphatic rings. The summed E-state index contributed by atoms with van der Waals surface area (Å²) in [6.45, 7) is 5.99. The average molecular weight is 223 g/mol. The average Bonchev–Trinajstić information content (AvgIpc) is 2.60. The lowest BCUT2D eigenvalue weighted by atomic mass is 9.88. The maximum absolute atomic E-state index is 9.10. The van der Waals surface area contributed by atoms with E-state index >= 15 is 0 Å². The van der Waals surface area contributed by atoms with Crippen molar-refractivity contribution in [2.45, 2.75) is 32.6 Å². The normalized spacial score (nSPS) is 33.1. The van der Waals surface area contributed by atoms with Gasteiger partial charge in [-0.05, 0) is 37.0 Å². The van der Waals surface area contributed by atoms with Gasteiger partial charge >= 0.3 is 0 Å². The summed E-state index contributed by atoms with van der Waals surface area (Å²) in [5.74, 6) is 2.09. The topological polar surface area (TPSA) is 23.5 Å². The van der Waals surface area contributed by atoms with E-state index in [1.165, 1.54) is 38.8 Å². The molecule has 1 saturated heterocycles. The van der Waals surface area contributed by atoms with E-state index in [9.17, 15) is 0 Å². The minimum absolute atomic E-state index is 0.321. The van der Waals surface area contributed by atoms with Crippen LogP contribution in [-0.4, -0.2) is 36.2 Å². The molecule has 1 fully saturated rings. The highest BCUT2D eigenvalue weighted by molar-refractivity contribution is 4.99. The van der Waals surface area contributed by atoms with Gasteiger partial charge in [0.25, 0.3) is 0 Å². The molecule has 0 aromatic heterocycles. The summed E-state index contributed by atoms with van der Waals surface area (Å²) in [7, 11) is 0. The SMILES string of the molecule is CC(CO)CN1CC2C=CCCCCC2C1. The molecule has 0 spiro atoms. The monoisotopic (exact) mass is 223 g/mol. The van der Waals surface area contributed by atoms with Gasteiger partial charge in [-0.2, -0.15) is 0 Å². The Balaban J connectivity index is 1.88. The summed E-state index contributed by atoms with van der Waals surface area (Å²) >= 11 is 0. The Morgan fingerprint density at radius 2 is 2.25 bits per heavy atom. The van der Waals surface area contributed by atoms with Crippen LogP contribution in [0.1, 0.15) is 32.6 Å². The van der Waals surface area contributed by atoms with Gasteiger partial charge in [0.15, 0.2) is 0 Å². The quantitative estimate of drug-likeness (QED) is 0.742. The van der Waals surface area contributed by atoms with Crippen LogP contribution in [0.2, 0.25) is 0 Å². The largest absolute Gasteiger partial charge is 0.396 e. The van der Waals surface area contributed by atoms with Crippen molar-refractivity contribution in [2.24, 2.45) is 17.8 Å². The van der Waals surface area contributed by atoms with Crippen LogP contribution in [0, 0.1) is 17.8 Å². The zero-order chi connectivity index (χ0) is 11.4. The molecule has 3 unspecified atom stereocenters. The van der Waals surface area contributed by atoms with Crippen molar-refractivity contribution in [3.8, 4) is 0 Å². The highest BCUT2D eigenvalue weighted by atomic mass is 16.3. The maximum Gasteiger partial charge on any atom is 0.0468 e. The summed E-state index contributed by atoms with van der Waals surface area (Å²) in [5.41, 5.74) is 0. The zero-order valence-electron chi connectivity index (χ0n) is 10.4. The Kier molecular flexibility index (Phi) is 4.42. The van der Waals surface area contributed by atoms with E-state index in [0.717, 1.165) is 18.4 Å². The van der Waals surface area contributed by atoms with Gasteiger partial charge in [0.2, 0.25) is 0 Å². The molecule has 16 heavy (non-hydrogen) atoms. The lowest BCUT2D eigenvalue weighted by Gasteiger charge is -2.19. The van der Waals surface area contributed by atoms with Crippen molar-refractivity contribution in [1.82, 2.24) is 4.90 Å². The number of hydrogen-bond donors (Lipinski definition) is 1. The van der Waals surface area contributed by atoms with Crippen LogP contribution in [0.3, 0.4) is 0 Å². The predicted molar refractivity (Wildman–Crippen MR) is 67.3 cm³/mol. The summed E-state index contributed by atoms with van der Waals surface area (Å²) in [6.07, 6.45) is 10.3. The summed E-state index contributed by atoms with van der Waals surface area (Å²) in [5, 5.41) is 9.10. The van der Waals surface area contributed by atoms with Crippen molar-refractivity contribution in [3.63, 3.8) is 0 Å². The van der Waals surface area contributed by atoms with Crippen molar-refractivity contribution in [3.05, 3.63) is 12.2 Å². The van der Waals surface area contributed by atoms with Gasteiger partial charge < -0.3 is 10.0 Å². The fourth-order valence-electron chi connectivity index (χ4n) is 3.10. The fraction of sp³-hybridized carbons (Fsp3) is 0.857. The third-order valence-corrected chi connectivity index (χ3v) is 4.03. The van der Waals surface area contributed by atoms with E-state index < -0.39 is 0 Å². The van der Waals surface area contributed by atoms with Crippen molar-refractivity contribution in [2.75, 3.05) is 26.2 Å². The Morgan fingerprint density at radius 1 is 1.38 bits per heavy atom. The van der Waals surface area contributed by atoms with E-state index in [-0.39, 0.29) is 0 Å². The van der Waals surface area contributed by atoms with Crippen LogP contribution in [0.15, 0.2) is 12.2 Å². The molecule has 0 aromatic carbocycles. The number of hydrogen-bond acceptors (Lipinski definition) is 2. The second-order valence-electron chi connectivity index (χ2n) is 5.64.